The summed E-state index contributed by atoms with van der Waals surface area (Å²) in [5.41, 5.74) is 6.90. The molecule has 34 heavy (non-hydrogen) atoms. The van der Waals surface area contributed by atoms with Crippen LogP contribution in [0.3, 0.4) is 0 Å². The quantitative estimate of drug-likeness (QED) is 0.496. The molecule has 0 aliphatic heterocycles. The summed E-state index contributed by atoms with van der Waals surface area (Å²) in [7, 11) is 0. The zero-order valence-corrected chi connectivity index (χ0v) is 19.7. The molecule has 5 rings (SSSR count). The van der Waals surface area contributed by atoms with Gasteiger partial charge in [0.05, 0.1) is 23.1 Å². The molecule has 0 saturated carbocycles. The van der Waals surface area contributed by atoms with Crippen molar-refractivity contribution in [2.24, 2.45) is 5.92 Å². The predicted molar refractivity (Wildman–Crippen MR) is 128 cm³/mol. The summed E-state index contributed by atoms with van der Waals surface area (Å²) in [6.45, 7) is 4.43. The SMILES string of the molecule is CCCC(C[C@H]1CCC2=C1[C@@H](C)c1cnn(-c3ccc(F)cc3)c1C2)NC(=O)c1cncnc1. The van der Waals surface area contributed by atoms with Crippen LogP contribution in [0.5, 0.6) is 0 Å². The molecule has 2 heterocycles. The maximum absolute atomic E-state index is 13.4. The van der Waals surface area contributed by atoms with Gasteiger partial charge in [0.25, 0.3) is 5.91 Å². The predicted octanol–water partition coefficient (Wildman–Crippen LogP) is 5.16. The molecule has 176 valence electrons. The highest BCUT2D eigenvalue weighted by molar-refractivity contribution is 5.93. The zero-order valence-electron chi connectivity index (χ0n) is 19.7. The summed E-state index contributed by atoms with van der Waals surface area (Å²) < 4.78 is 15.4. The van der Waals surface area contributed by atoms with Crippen molar-refractivity contribution >= 4 is 5.91 Å². The van der Waals surface area contributed by atoms with Crippen LogP contribution in [0, 0.1) is 11.7 Å². The Balaban J connectivity index is 1.34. The molecule has 0 bridgehead atoms. The van der Waals surface area contributed by atoms with E-state index in [1.165, 1.54) is 40.9 Å². The largest absolute Gasteiger partial charge is 0.349 e. The fourth-order valence-electron chi connectivity index (χ4n) is 5.76. The highest BCUT2D eigenvalue weighted by atomic mass is 19.1. The first-order valence-electron chi connectivity index (χ1n) is 12.2. The van der Waals surface area contributed by atoms with E-state index in [1.807, 2.05) is 10.9 Å². The number of nitrogens with one attached hydrogen (secondary N) is 1. The number of hydrogen-bond acceptors (Lipinski definition) is 4. The van der Waals surface area contributed by atoms with E-state index in [9.17, 15) is 9.18 Å². The molecule has 2 aliphatic carbocycles. The number of amides is 1. The Labute approximate surface area is 199 Å². The minimum atomic E-state index is -0.240. The van der Waals surface area contributed by atoms with Crippen LogP contribution in [-0.4, -0.2) is 31.7 Å². The molecule has 0 spiro atoms. The van der Waals surface area contributed by atoms with Crippen LogP contribution < -0.4 is 5.32 Å². The Morgan fingerprint density at radius 1 is 1.21 bits per heavy atom. The lowest BCUT2D eigenvalue weighted by atomic mass is 9.78. The van der Waals surface area contributed by atoms with Crippen LogP contribution in [0.1, 0.15) is 73.5 Å². The van der Waals surface area contributed by atoms with Gasteiger partial charge in [-0.25, -0.2) is 19.0 Å². The van der Waals surface area contributed by atoms with E-state index in [2.05, 4.69) is 34.2 Å². The molecule has 0 fully saturated rings. The summed E-state index contributed by atoms with van der Waals surface area (Å²) in [6.07, 6.45) is 12.5. The maximum Gasteiger partial charge on any atom is 0.254 e. The number of carbonyl (C=O) groups excluding carboxylic acids is 1. The average Bonchev–Trinajstić information content (AvgIpc) is 3.45. The summed E-state index contributed by atoms with van der Waals surface area (Å²) in [5.74, 6) is 0.401. The molecule has 1 unspecified atom stereocenters. The molecular weight excluding hydrogens is 429 g/mol. The first-order chi connectivity index (χ1) is 16.5. The van der Waals surface area contributed by atoms with Crippen LogP contribution in [0.2, 0.25) is 0 Å². The Morgan fingerprint density at radius 2 is 1.97 bits per heavy atom. The highest BCUT2D eigenvalue weighted by Gasteiger charge is 2.37. The molecule has 0 radical (unpaired) electrons. The molecule has 1 N–H and O–H groups in total. The Morgan fingerprint density at radius 3 is 2.71 bits per heavy atom. The number of benzene rings is 1. The van der Waals surface area contributed by atoms with Crippen molar-refractivity contribution < 1.29 is 9.18 Å². The molecular formula is C27H30FN5O. The van der Waals surface area contributed by atoms with Gasteiger partial charge in [0.15, 0.2) is 0 Å². The molecule has 3 aromatic rings. The normalized spacial score (nSPS) is 20.1. The standard InChI is InChI=1S/C27H30FN5O/c1-3-4-22(32-27(34)20-13-29-16-30-14-20)11-18-5-6-19-12-25-24(17(2)26(18)19)15-31-33(25)23-9-7-21(28)8-10-23/h7-10,13-18,22H,3-6,11-12H2,1-2H3,(H,32,34)/t17-,18+,22?/m0/s1. The van der Waals surface area contributed by atoms with Crippen molar-refractivity contribution in [3.05, 3.63) is 83.0 Å². The second-order valence-corrected chi connectivity index (χ2v) is 9.45. The molecule has 2 aromatic heterocycles. The van der Waals surface area contributed by atoms with E-state index >= 15 is 0 Å². The molecule has 6 nitrogen and oxygen atoms in total. The Hall–Kier alpha value is -3.35. The number of rotatable bonds is 7. The van der Waals surface area contributed by atoms with Gasteiger partial charge in [-0.3, -0.25) is 4.79 Å². The third-order valence-corrected chi connectivity index (χ3v) is 7.29. The summed E-state index contributed by atoms with van der Waals surface area (Å²) >= 11 is 0. The lowest BCUT2D eigenvalue weighted by Crippen LogP contribution is -2.36. The number of halogens is 1. The molecule has 2 aliphatic rings. The van der Waals surface area contributed by atoms with Crippen LogP contribution in [0.4, 0.5) is 4.39 Å². The van der Waals surface area contributed by atoms with Gasteiger partial charge in [-0.05, 0) is 55.9 Å². The minimum absolute atomic E-state index is 0.106. The number of aromatic nitrogens is 4. The van der Waals surface area contributed by atoms with Crippen molar-refractivity contribution in [3.63, 3.8) is 0 Å². The number of nitrogens with zero attached hydrogens (tertiary/aromatic N) is 4. The smallest absolute Gasteiger partial charge is 0.254 e. The first-order valence-corrected chi connectivity index (χ1v) is 12.2. The fraction of sp³-hybridized carbons (Fsp3) is 0.407. The first kappa shape index (κ1) is 22.4. The summed E-state index contributed by atoms with van der Waals surface area (Å²) in [6, 6.07) is 6.64. The number of carbonyl (C=O) groups is 1. The Bertz CT molecular complexity index is 1200. The van der Waals surface area contributed by atoms with E-state index < -0.39 is 0 Å². The Kier molecular flexibility index (Phi) is 6.26. The van der Waals surface area contributed by atoms with Crippen molar-refractivity contribution in [1.29, 1.82) is 0 Å². The number of hydrogen-bond donors (Lipinski definition) is 1. The molecule has 1 amide bonds. The van der Waals surface area contributed by atoms with Gasteiger partial charge in [-0.1, -0.05) is 31.4 Å². The third-order valence-electron chi connectivity index (χ3n) is 7.29. The second kappa shape index (κ2) is 9.49. The lowest BCUT2D eigenvalue weighted by molar-refractivity contribution is 0.0928. The maximum atomic E-state index is 13.4. The van der Waals surface area contributed by atoms with Gasteiger partial charge < -0.3 is 5.32 Å². The van der Waals surface area contributed by atoms with Gasteiger partial charge in [0.2, 0.25) is 0 Å². The monoisotopic (exact) mass is 459 g/mol. The average molecular weight is 460 g/mol. The third kappa shape index (κ3) is 4.27. The molecule has 3 atom stereocenters. The number of fused-ring (bicyclic) bond motifs is 1. The van der Waals surface area contributed by atoms with E-state index in [0.717, 1.165) is 44.2 Å². The summed E-state index contributed by atoms with van der Waals surface area (Å²) in [4.78, 5) is 20.7. The van der Waals surface area contributed by atoms with Gasteiger partial charge >= 0.3 is 0 Å². The fourth-order valence-corrected chi connectivity index (χ4v) is 5.76. The minimum Gasteiger partial charge on any atom is -0.349 e. The van der Waals surface area contributed by atoms with Crippen LogP contribution in [0.25, 0.3) is 5.69 Å². The van der Waals surface area contributed by atoms with Gasteiger partial charge in [0, 0.05) is 36.3 Å². The van der Waals surface area contributed by atoms with Crippen molar-refractivity contribution in [2.45, 2.75) is 64.3 Å². The molecule has 7 heteroatoms. The second-order valence-electron chi connectivity index (χ2n) is 9.45. The van der Waals surface area contributed by atoms with Gasteiger partial charge in [0.1, 0.15) is 12.1 Å². The van der Waals surface area contributed by atoms with Gasteiger partial charge in [-0.2, -0.15) is 5.10 Å². The lowest BCUT2D eigenvalue weighted by Gasteiger charge is -2.29. The number of allylic oxidation sites excluding steroid dienone is 2. The van der Waals surface area contributed by atoms with Gasteiger partial charge in [-0.15, -0.1) is 0 Å². The summed E-state index contributed by atoms with van der Waals surface area (Å²) in [5, 5.41) is 7.89. The van der Waals surface area contributed by atoms with E-state index in [-0.39, 0.29) is 17.8 Å². The highest BCUT2D eigenvalue weighted by Crippen LogP contribution is 2.48. The van der Waals surface area contributed by atoms with E-state index in [0.29, 0.717) is 17.4 Å². The van der Waals surface area contributed by atoms with E-state index in [1.54, 1.807) is 24.5 Å². The molecule has 1 aromatic carbocycles. The van der Waals surface area contributed by atoms with Crippen LogP contribution >= 0.6 is 0 Å². The van der Waals surface area contributed by atoms with Crippen LogP contribution in [0.15, 0.2) is 60.3 Å². The van der Waals surface area contributed by atoms with Crippen molar-refractivity contribution in [3.8, 4) is 5.69 Å². The van der Waals surface area contributed by atoms with Crippen LogP contribution in [-0.2, 0) is 6.42 Å². The molecule has 0 saturated heterocycles. The topological polar surface area (TPSA) is 72.7 Å². The zero-order chi connectivity index (χ0) is 23.7. The van der Waals surface area contributed by atoms with Crippen molar-refractivity contribution in [2.75, 3.05) is 0 Å². The van der Waals surface area contributed by atoms with Crippen molar-refractivity contribution in [1.82, 2.24) is 25.1 Å². The van der Waals surface area contributed by atoms with E-state index in [4.69, 9.17) is 0 Å².